The number of hydrogen-bond donors (Lipinski definition) is 1. The highest BCUT2D eigenvalue weighted by molar-refractivity contribution is 5.43. The van der Waals surface area contributed by atoms with E-state index >= 15 is 0 Å². The summed E-state index contributed by atoms with van der Waals surface area (Å²) in [6.07, 6.45) is 0. The highest BCUT2D eigenvalue weighted by Crippen LogP contribution is 2.31. The van der Waals surface area contributed by atoms with Crippen LogP contribution in [-0.2, 0) is 11.3 Å². The van der Waals surface area contributed by atoms with Crippen molar-refractivity contribution in [2.24, 2.45) is 5.73 Å². The number of benzene rings is 1. The Bertz CT molecular complexity index is 325. The van der Waals surface area contributed by atoms with Crippen molar-refractivity contribution in [3.05, 3.63) is 29.3 Å². The fraction of sp³-hybridized carbons (Fsp3) is 0.455. The predicted octanol–water partition coefficient (Wildman–Crippen LogP) is 1.62. The van der Waals surface area contributed by atoms with Crippen LogP contribution in [0.4, 0.5) is 0 Å². The van der Waals surface area contributed by atoms with E-state index in [1.54, 1.807) is 0 Å². The number of rotatable bonds is 2. The van der Waals surface area contributed by atoms with E-state index < -0.39 is 0 Å². The van der Waals surface area contributed by atoms with Crippen LogP contribution >= 0.6 is 0 Å². The maximum Gasteiger partial charge on any atom is 0.124 e. The zero-order valence-corrected chi connectivity index (χ0v) is 8.32. The third-order valence-corrected chi connectivity index (χ3v) is 2.38. The molecule has 76 valence electrons. The fourth-order valence-electron chi connectivity index (χ4n) is 1.80. The molecule has 0 unspecified atom stereocenters. The molecule has 0 radical (unpaired) electrons. The molecule has 0 amide bonds. The van der Waals surface area contributed by atoms with Crippen LogP contribution in [0.1, 0.15) is 24.1 Å². The summed E-state index contributed by atoms with van der Waals surface area (Å²) in [6.45, 7) is 3.87. The van der Waals surface area contributed by atoms with Gasteiger partial charge in [0.25, 0.3) is 0 Å². The first-order valence-electron chi connectivity index (χ1n) is 4.91. The van der Waals surface area contributed by atoms with Gasteiger partial charge in [-0.15, -0.1) is 0 Å². The Labute approximate surface area is 83.8 Å². The zero-order valence-electron chi connectivity index (χ0n) is 8.32. The van der Waals surface area contributed by atoms with Gasteiger partial charge in [0, 0.05) is 5.56 Å². The molecule has 1 atom stereocenters. The second kappa shape index (κ2) is 3.98. The molecule has 0 spiro atoms. The Morgan fingerprint density at radius 2 is 2.43 bits per heavy atom. The van der Waals surface area contributed by atoms with E-state index in [9.17, 15) is 0 Å². The molecule has 0 aliphatic carbocycles. The number of fused-ring (bicyclic) bond motifs is 1. The fourth-order valence-corrected chi connectivity index (χ4v) is 1.80. The highest BCUT2D eigenvalue weighted by Gasteiger charge is 2.20. The summed E-state index contributed by atoms with van der Waals surface area (Å²) in [5.74, 6) is 0.904. The molecule has 3 nitrogen and oxygen atoms in total. The Hall–Kier alpha value is -1.06. The second-order valence-electron chi connectivity index (χ2n) is 3.38. The molecule has 0 aromatic heterocycles. The van der Waals surface area contributed by atoms with Crippen molar-refractivity contribution in [3.63, 3.8) is 0 Å². The number of nitrogens with two attached hydrogens (primary N) is 1. The van der Waals surface area contributed by atoms with E-state index in [1.807, 2.05) is 25.1 Å². The maximum absolute atomic E-state index is 5.97. The van der Waals surface area contributed by atoms with Crippen molar-refractivity contribution in [1.29, 1.82) is 0 Å². The van der Waals surface area contributed by atoms with E-state index in [-0.39, 0.29) is 6.04 Å². The smallest absolute Gasteiger partial charge is 0.124 e. The SMILES string of the molecule is CCOc1cccc2c1[C@H](N)COC2. The topological polar surface area (TPSA) is 44.5 Å². The van der Waals surface area contributed by atoms with Crippen molar-refractivity contribution >= 4 is 0 Å². The quantitative estimate of drug-likeness (QED) is 0.776. The average molecular weight is 193 g/mol. The minimum atomic E-state index is -0.0542. The van der Waals surface area contributed by atoms with E-state index in [0.29, 0.717) is 19.8 Å². The van der Waals surface area contributed by atoms with Gasteiger partial charge in [0.15, 0.2) is 0 Å². The van der Waals surface area contributed by atoms with E-state index in [4.69, 9.17) is 15.2 Å². The summed E-state index contributed by atoms with van der Waals surface area (Å²) in [7, 11) is 0. The molecule has 2 rings (SSSR count). The van der Waals surface area contributed by atoms with Gasteiger partial charge in [-0.3, -0.25) is 0 Å². The lowest BCUT2D eigenvalue weighted by atomic mass is 9.98. The van der Waals surface area contributed by atoms with Crippen LogP contribution in [0.5, 0.6) is 5.75 Å². The molecular weight excluding hydrogens is 178 g/mol. The molecule has 1 aromatic rings. The van der Waals surface area contributed by atoms with Crippen LogP contribution < -0.4 is 10.5 Å². The van der Waals surface area contributed by atoms with Gasteiger partial charge in [0.05, 0.1) is 25.9 Å². The minimum absolute atomic E-state index is 0.0542. The van der Waals surface area contributed by atoms with Crippen LogP contribution in [0.2, 0.25) is 0 Å². The van der Waals surface area contributed by atoms with Crippen LogP contribution in [-0.4, -0.2) is 13.2 Å². The molecule has 2 N–H and O–H groups in total. The molecule has 0 fully saturated rings. The van der Waals surface area contributed by atoms with Crippen molar-refractivity contribution in [3.8, 4) is 5.75 Å². The zero-order chi connectivity index (χ0) is 9.97. The molecule has 1 heterocycles. The lowest BCUT2D eigenvalue weighted by molar-refractivity contribution is 0.0907. The second-order valence-corrected chi connectivity index (χ2v) is 3.38. The van der Waals surface area contributed by atoms with Gasteiger partial charge < -0.3 is 15.2 Å². The van der Waals surface area contributed by atoms with E-state index in [2.05, 4.69) is 0 Å². The van der Waals surface area contributed by atoms with Gasteiger partial charge in [0.2, 0.25) is 0 Å². The lowest BCUT2D eigenvalue weighted by Gasteiger charge is -2.24. The van der Waals surface area contributed by atoms with Crippen molar-refractivity contribution < 1.29 is 9.47 Å². The van der Waals surface area contributed by atoms with Gasteiger partial charge in [-0.25, -0.2) is 0 Å². The maximum atomic E-state index is 5.97. The first-order valence-corrected chi connectivity index (χ1v) is 4.91. The molecule has 14 heavy (non-hydrogen) atoms. The Kier molecular flexibility index (Phi) is 2.70. The molecule has 1 aliphatic rings. The van der Waals surface area contributed by atoms with Crippen LogP contribution in [0.3, 0.4) is 0 Å². The normalized spacial score (nSPS) is 20.3. The monoisotopic (exact) mass is 193 g/mol. The largest absolute Gasteiger partial charge is 0.494 e. The number of hydrogen-bond acceptors (Lipinski definition) is 3. The summed E-state index contributed by atoms with van der Waals surface area (Å²) in [4.78, 5) is 0. The molecule has 1 aromatic carbocycles. The summed E-state index contributed by atoms with van der Waals surface area (Å²) in [5.41, 5.74) is 8.23. The average Bonchev–Trinajstić information content (AvgIpc) is 2.19. The lowest BCUT2D eigenvalue weighted by Crippen LogP contribution is -2.24. The number of ether oxygens (including phenoxy) is 2. The Morgan fingerprint density at radius 1 is 1.57 bits per heavy atom. The van der Waals surface area contributed by atoms with Crippen LogP contribution in [0.25, 0.3) is 0 Å². The third kappa shape index (κ3) is 1.61. The van der Waals surface area contributed by atoms with Gasteiger partial charge in [-0.1, -0.05) is 12.1 Å². The van der Waals surface area contributed by atoms with Gasteiger partial charge in [-0.2, -0.15) is 0 Å². The van der Waals surface area contributed by atoms with Crippen molar-refractivity contribution in [2.75, 3.05) is 13.2 Å². The van der Waals surface area contributed by atoms with Gasteiger partial charge >= 0.3 is 0 Å². The van der Waals surface area contributed by atoms with Gasteiger partial charge in [-0.05, 0) is 18.6 Å². The first-order chi connectivity index (χ1) is 6.83. The highest BCUT2D eigenvalue weighted by atomic mass is 16.5. The molecule has 1 aliphatic heterocycles. The van der Waals surface area contributed by atoms with E-state index in [1.165, 1.54) is 0 Å². The molecule has 3 heteroatoms. The molecule has 0 saturated carbocycles. The van der Waals surface area contributed by atoms with Crippen LogP contribution in [0.15, 0.2) is 18.2 Å². The molecular formula is C11H15NO2. The van der Waals surface area contributed by atoms with E-state index in [0.717, 1.165) is 16.9 Å². The first kappa shape index (κ1) is 9.49. The predicted molar refractivity (Wildman–Crippen MR) is 54.2 cm³/mol. The van der Waals surface area contributed by atoms with Gasteiger partial charge in [0.1, 0.15) is 5.75 Å². The minimum Gasteiger partial charge on any atom is -0.494 e. The summed E-state index contributed by atoms with van der Waals surface area (Å²) < 4.78 is 10.9. The standard InChI is InChI=1S/C11H15NO2/c1-2-14-10-5-3-4-8-6-13-7-9(12)11(8)10/h3-5,9H,2,6-7,12H2,1H3/t9-/m1/s1. The van der Waals surface area contributed by atoms with Crippen LogP contribution in [0, 0.1) is 0 Å². The van der Waals surface area contributed by atoms with Crippen molar-refractivity contribution in [2.45, 2.75) is 19.6 Å². The molecule has 0 bridgehead atoms. The Morgan fingerprint density at radius 3 is 3.21 bits per heavy atom. The Balaban J connectivity index is 2.41. The molecule has 0 saturated heterocycles. The summed E-state index contributed by atoms with van der Waals surface area (Å²) >= 11 is 0. The summed E-state index contributed by atoms with van der Waals surface area (Å²) in [6, 6.07) is 5.93. The van der Waals surface area contributed by atoms with Crippen molar-refractivity contribution in [1.82, 2.24) is 0 Å². The summed E-state index contributed by atoms with van der Waals surface area (Å²) in [5, 5.41) is 0. The third-order valence-electron chi connectivity index (χ3n) is 2.38.